The van der Waals surface area contributed by atoms with Crippen LogP contribution in [-0.4, -0.2) is 39.7 Å². The second-order valence-electron chi connectivity index (χ2n) is 12.3. The average molecular weight is 674 g/mol. The maximum absolute atomic E-state index is 12.8. The smallest absolute Gasteiger partial charge is 0.251 e. The average Bonchev–Trinajstić information content (AvgIpc) is 3.13. The molecule has 9 heteroatoms. The summed E-state index contributed by atoms with van der Waals surface area (Å²) < 4.78 is 5.79. The molecular formula is C41H43N3O6. The zero-order chi connectivity index (χ0) is 35.3. The van der Waals surface area contributed by atoms with Gasteiger partial charge in [0.25, 0.3) is 5.91 Å². The van der Waals surface area contributed by atoms with Crippen molar-refractivity contribution in [1.29, 1.82) is 0 Å². The minimum absolute atomic E-state index is 0.00112. The first-order valence-corrected chi connectivity index (χ1v) is 16.6. The lowest BCUT2D eigenvalue weighted by Crippen LogP contribution is -2.32. The molecule has 0 spiro atoms. The SMILES string of the molecule is C[C@H](Cc1cccc(CC(=O)NCc2ccc(CNC(=O)c3ccc(Oc4ccccc4)cc3)cc2)c1)NC[C@@H](O)c1ccc(O)c(CO)c1. The van der Waals surface area contributed by atoms with Crippen LogP contribution in [0.15, 0.2) is 121 Å². The number of para-hydroxylation sites is 1. The number of ether oxygens (including phenoxy) is 1. The van der Waals surface area contributed by atoms with E-state index < -0.39 is 6.10 Å². The molecule has 2 amide bonds. The highest BCUT2D eigenvalue weighted by molar-refractivity contribution is 5.94. The Kier molecular flexibility index (Phi) is 12.7. The molecule has 0 fully saturated rings. The molecule has 0 heterocycles. The van der Waals surface area contributed by atoms with Crippen molar-refractivity contribution in [3.05, 3.63) is 160 Å². The number of aromatic hydroxyl groups is 1. The molecule has 0 radical (unpaired) electrons. The molecule has 5 aromatic carbocycles. The van der Waals surface area contributed by atoms with Gasteiger partial charge in [0.1, 0.15) is 17.2 Å². The summed E-state index contributed by atoms with van der Waals surface area (Å²) in [4.78, 5) is 25.4. The van der Waals surface area contributed by atoms with Crippen molar-refractivity contribution in [1.82, 2.24) is 16.0 Å². The summed E-state index contributed by atoms with van der Waals surface area (Å²) in [5.74, 6) is 1.13. The standard InChI is InChI=1S/C41H43N3O6/c1-28(42-26-39(47)34-16-19-38(46)35(23-34)27-45)20-31-6-5-7-32(21-31)22-40(48)43-24-29-10-12-30(13-11-29)25-44-41(49)33-14-17-37(18-15-33)50-36-8-3-2-4-9-36/h2-19,21,23,28,39,42,45-47H,20,22,24-27H2,1H3,(H,43,48)(H,44,49)/t28-,39-/m1/s1. The maximum Gasteiger partial charge on any atom is 0.251 e. The first kappa shape index (κ1) is 35.8. The van der Waals surface area contributed by atoms with Gasteiger partial charge in [-0.15, -0.1) is 0 Å². The number of benzene rings is 5. The molecule has 0 aliphatic carbocycles. The first-order chi connectivity index (χ1) is 24.2. The van der Waals surface area contributed by atoms with E-state index in [1.54, 1.807) is 36.4 Å². The molecule has 6 N–H and O–H groups in total. The normalized spacial score (nSPS) is 12.1. The molecule has 0 aliphatic heterocycles. The highest BCUT2D eigenvalue weighted by atomic mass is 16.5. The largest absolute Gasteiger partial charge is 0.508 e. The lowest BCUT2D eigenvalue weighted by molar-refractivity contribution is -0.120. The number of nitrogens with one attached hydrogen (secondary N) is 3. The predicted octanol–water partition coefficient (Wildman–Crippen LogP) is 5.72. The fourth-order valence-corrected chi connectivity index (χ4v) is 5.47. The van der Waals surface area contributed by atoms with Crippen LogP contribution in [0.1, 0.15) is 56.8 Å². The van der Waals surface area contributed by atoms with Gasteiger partial charge in [0.05, 0.1) is 19.1 Å². The zero-order valence-corrected chi connectivity index (χ0v) is 28.0. The summed E-state index contributed by atoms with van der Waals surface area (Å²) in [6.07, 6.45) is 0.181. The summed E-state index contributed by atoms with van der Waals surface area (Å²) in [6, 6.07) is 36.9. The number of phenols is 1. The van der Waals surface area contributed by atoms with E-state index in [9.17, 15) is 24.9 Å². The van der Waals surface area contributed by atoms with Gasteiger partial charge in [-0.05, 0) is 89.7 Å². The highest BCUT2D eigenvalue weighted by Crippen LogP contribution is 2.23. The van der Waals surface area contributed by atoms with Gasteiger partial charge in [-0.1, -0.05) is 72.8 Å². The van der Waals surface area contributed by atoms with E-state index in [2.05, 4.69) is 16.0 Å². The second-order valence-corrected chi connectivity index (χ2v) is 12.3. The van der Waals surface area contributed by atoms with Crippen LogP contribution in [0.2, 0.25) is 0 Å². The van der Waals surface area contributed by atoms with E-state index in [4.69, 9.17) is 4.74 Å². The molecule has 0 aliphatic rings. The van der Waals surface area contributed by atoms with E-state index >= 15 is 0 Å². The van der Waals surface area contributed by atoms with E-state index in [1.807, 2.05) is 85.8 Å². The minimum Gasteiger partial charge on any atom is -0.508 e. The van der Waals surface area contributed by atoms with Crippen molar-refractivity contribution < 1.29 is 29.6 Å². The third-order valence-corrected chi connectivity index (χ3v) is 8.28. The van der Waals surface area contributed by atoms with Crippen molar-refractivity contribution in [3.8, 4) is 17.2 Å². The fraction of sp³-hybridized carbons (Fsp3) is 0.220. The van der Waals surface area contributed by atoms with E-state index in [0.29, 0.717) is 48.5 Å². The van der Waals surface area contributed by atoms with Crippen LogP contribution in [0.25, 0.3) is 0 Å². The van der Waals surface area contributed by atoms with Gasteiger partial charge in [0.2, 0.25) is 5.91 Å². The molecule has 0 unspecified atom stereocenters. The Bertz CT molecular complexity index is 1850. The Morgan fingerprint density at radius 2 is 1.38 bits per heavy atom. The van der Waals surface area contributed by atoms with Crippen LogP contribution in [0.4, 0.5) is 0 Å². The Morgan fingerprint density at radius 3 is 2.08 bits per heavy atom. The lowest BCUT2D eigenvalue weighted by atomic mass is 10.0. The van der Waals surface area contributed by atoms with Crippen LogP contribution >= 0.6 is 0 Å². The molecule has 5 aromatic rings. The van der Waals surface area contributed by atoms with Gasteiger partial charge >= 0.3 is 0 Å². The second kappa shape index (κ2) is 17.8. The minimum atomic E-state index is -0.786. The number of amides is 2. The van der Waals surface area contributed by atoms with E-state index in [-0.39, 0.29) is 36.6 Å². The van der Waals surface area contributed by atoms with Crippen molar-refractivity contribution in [2.45, 2.75) is 51.6 Å². The van der Waals surface area contributed by atoms with E-state index in [1.165, 1.54) is 6.07 Å². The van der Waals surface area contributed by atoms with Gasteiger partial charge in [0.15, 0.2) is 0 Å². The lowest BCUT2D eigenvalue weighted by Gasteiger charge is -2.18. The molecule has 0 aromatic heterocycles. The maximum atomic E-state index is 12.8. The third-order valence-electron chi connectivity index (χ3n) is 8.28. The molecule has 2 atom stereocenters. The summed E-state index contributed by atoms with van der Waals surface area (Å²) in [7, 11) is 0. The number of aliphatic hydroxyl groups is 2. The number of hydrogen-bond acceptors (Lipinski definition) is 7. The Labute approximate surface area is 292 Å². The summed E-state index contributed by atoms with van der Waals surface area (Å²) in [5.41, 5.74) is 5.43. The summed E-state index contributed by atoms with van der Waals surface area (Å²) >= 11 is 0. The number of aliphatic hydroxyl groups excluding tert-OH is 2. The molecule has 0 saturated carbocycles. The van der Waals surface area contributed by atoms with Crippen molar-refractivity contribution in [2.75, 3.05) is 6.54 Å². The van der Waals surface area contributed by atoms with Gasteiger partial charge in [0, 0.05) is 36.8 Å². The molecule has 258 valence electrons. The van der Waals surface area contributed by atoms with E-state index in [0.717, 1.165) is 28.0 Å². The first-order valence-electron chi connectivity index (χ1n) is 16.6. The van der Waals surface area contributed by atoms with Crippen LogP contribution in [0.3, 0.4) is 0 Å². The summed E-state index contributed by atoms with van der Waals surface area (Å²) in [5, 5.41) is 39.0. The van der Waals surface area contributed by atoms with Crippen molar-refractivity contribution in [3.63, 3.8) is 0 Å². The van der Waals surface area contributed by atoms with Gasteiger partial charge in [-0.25, -0.2) is 0 Å². The van der Waals surface area contributed by atoms with Gasteiger partial charge in [-0.2, -0.15) is 0 Å². The molecule has 5 rings (SSSR count). The number of carbonyl (C=O) groups excluding carboxylic acids is 2. The molecular weight excluding hydrogens is 630 g/mol. The predicted molar refractivity (Wildman–Crippen MR) is 193 cm³/mol. The molecule has 0 bridgehead atoms. The summed E-state index contributed by atoms with van der Waals surface area (Å²) in [6.45, 7) is 2.82. The fourth-order valence-electron chi connectivity index (χ4n) is 5.47. The van der Waals surface area contributed by atoms with Gasteiger partial charge in [-0.3, -0.25) is 9.59 Å². The van der Waals surface area contributed by atoms with Crippen LogP contribution in [0, 0.1) is 0 Å². The monoisotopic (exact) mass is 673 g/mol. The van der Waals surface area contributed by atoms with Crippen LogP contribution in [0.5, 0.6) is 17.2 Å². The number of hydrogen-bond donors (Lipinski definition) is 6. The highest BCUT2D eigenvalue weighted by Gasteiger charge is 2.13. The molecule has 50 heavy (non-hydrogen) atoms. The Balaban J connectivity index is 1.01. The third kappa shape index (κ3) is 10.8. The Hall–Kier alpha value is -5.48. The molecule has 0 saturated heterocycles. The quantitative estimate of drug-likeness (QED) is 0.0788. The van der Waals surface area contributed by atoms with Gasteiger partial charge < -0.3 is 36.0 Å². The number of rotatable bonds is 16. The van der Waals surface area contributed by atoms with Crippen molar-refractivity contribution >= 4 is 11.8 Å². The number of carbonyl (C=O) groups is 2. The van der Waals surface area contributed by atoms with Crippen LogP contribution in [-0.2, 0) is 37.3 Å². The van der Waals surface area contributed by atoms with Crippen molar-refractivity contribution in [2.24, 2.45) is 0 Å². The zero-order valence-electron chi connectivity index (χ0n) is 28.0. The topological polar surface area (TPSA) is 140 Å². The Morgan fingerprint density at radius 1 is 0.720 bits per heavy atom. The molecule has 9 nitrogen and oxygen atoms in total. The van der Waals surface area contributed by atoms with Crippen LogP contribution < -0.4 is 20.7 Å².